The lowest BCUT2D eigenvalue weighted by atomic mass is 9.96. The van der Waals surface area contributed by atoms with Gasteiger partial charge < -0.3 is 0 Å². The highest BCUT2D eigenvalue weighted by atomic mass is 14.7. The molecule has 1 nitrogen and oxygen atoms in total. The van der Waals surface area contributed by atoms with E-state index in [1.165, 1.54) is 39.1 Å². The largest absolute Gasteiger partial charge is 0.258 e. The number of pyridine rings is 1. The van der Waals surface area contributed by atoms with Gasteiger partial charge in [-0.2, -0.15) is 0 Å². The van der Waals surface area contributed by atoms with Crippen LogP contribution in [0.15, 0.2) is 18.2 Å². The first-order valence-corrected chi connectivity index (χ1v) is 6.15. The molecule has 0 amide bonds. The van der Waals surface area contributed by atoms with Gasteiger partial charge in [-0.3, -0.25) is 4.98 Å². The zero-order valence-electron chi connectivity index (χ0n) is 10.9. The summed E-state index contributed by atoms with van der Waals surface area (Å²) in [5.74, 6) is 0. The topological polar surface area (TPSA) is 12.9 Å². The Morgan fingerprint density at radius 2 is 1.71 bits per heavy atom. The van der Waals surface area contributed by atoms with Crippen molar-refractivity contribution in [1.29, 1.82) is 0 Å². The molecule has 0 aliphatic heterocycles. The zero-order valence-corrected chi connectivity index (χ0v) is 10.9. The Labute approximate surface area is 103 Å². The fourth-order valence-electron chi connectivity index (χ4n) is 2.97. The third-order valence-electron chi connectivity index (χ3n) is 3.97. The highest BCUT2D eigenvalue weighted by Crippen LogP contribution is 2.42. The second kappa shape index (κ2) is 3.43. The monoisotopic (exact) mass is 223 g/mol. The van der Waals surface area contributed by atoms with Crippen LogP contribution in [0.2, 0.25) is 0 Å². The quantitative estimate of drug-likeness (QED) is 0.563. The van der Waals surface area contributed by atoms with E-state index in [2.05, 4.69) is 50.9 Å². The van der Waals surface area contributed by atoms with E-state index >= 15 is 0 Å². The van der Waals surface area contributed by atoms with E-state index in [0.29, 0.717) is 0 Å². The van der Waals surface area contributed by atoms with Gasteiger partial charge in [0.25, 0.3) is 0 Å². The average molecular weight is 223 g/mol. The van der Waals surface area contributed by atoms with Crippen LogP contribution in [0.25, 0.3) is 11.1 Å². The van der Waals surface area contributed by atoms with Gasteiger partial charge in [-0.1, -0.05) is 18.2 Å². The van der Waals surface area contributed by atoms with Gasteiger partial charge in [0.05, 0.1) is 0 Å². The molecule has 0 saturated heterocycles. The molecule has 0 radical (unpaired) electrons. The molecule has 3 rings (SSSR count). The Kier molecular flexibility index (Phi) is 2.12. The number of benzene rings is 1. The van der Waals surface area contributed by atoms with E-state index in [0.717, 1.165) is 12.1 Å². The molecule has 2 aromatic rings. The minimum Gasteiger partial charge on any atom is -0.258 e. The Bertz CT molecular complexity index is 624. The fourth-order valence-corrected chi connectivity index (χ4v) is 2.97. The van der Waals surface area contributed by atoms with Crippen LogP contribution < -0.4 is 0 Å². The molecule has 1 aromatic heterocycles. The molecular weight excluding hydrogens is 206 g/mol. The normalized spacial score (nSPS) is 12.5. The van der Waals surface area contributed by atoms with Crippen molar-refractivity contribution < 1.29 is 0 Å². The predicted molar refractivity (Wildman–Crippen MR) is 71.4 cm³/mol. The second-order valence-electron chi connectivity index (χ2n) is 5.05. The summed E-state index contributed by atoms with van der Waals surface area (Å²) in [6, 6.07) is 6.61. The molecule has 86 valence electrons. The summed E-state index contributed by atoms with van der Waals surface area (Å²) in [5, 5.41) is 0. The van der Waals surface area contributed by atoms with Crippen LogP contribution in [0.1, 0.15) is 33.6 Å². The van der Waals surface area contributed by atoms with Crippen LogP contribution >= 0.6 is 0 Å². The number of aryl methyl sites for hydroxylation is 3. The average Bonchev–Trinajstić information content (AvgIpc) is 2.67. The van der Waals surface area contributed by atoms with Crippen molar-refractivity contribution in [2.45, 2.75) is 34.1 Å². The van der Waals surface area contributed by atoms with Crippen LogP contribution in [0.5, 0.6) is 0 Å². The third kappa shape index (κ3) is 1.35. The zero-order chi connectivity index (χ0) is 12.2. The molecule has 1 heterocycles. The SMILES string of the molecule is Cc1cccc2c1-c1c(C)c(C)nc(C)c1C2. The van der Waals surface area contributed by atoms with Gasteiger partial charge in [-0.25, -0.2) is 0 Å². The van der Waals surface area contributed by atoms with Gasteiger partial charge in [0.15, 0.2) is 0 Å². The van der Waals surface area contributed by atoms with Crippen molar-refractivity contribution in [3.8, 4) is 11.1 Å². The van der Waals surface area contributed by atoms with Gasteiger partial charge in [-0.05, 0) is 61.1 Å². The van der Waals surface area contributed by atoms with Crippen molar-refractivity contribution in [1.82, 2.24) is 4.98 Å². The minimum atomic E-state index is 1.05. The maximum atomic E-state index is 4.66. The molecule has 0 N–H and O–H groups in total. The van der Waals surface area contributed by atoms with Gasteiger partial charge in [-0.15, -0.1) is 0 Å². The second-order valence-corrected chi connectivity index (χ2v) is 5.05. The van der Waals surface area contributed by atoms with Crippen LogP contribution in [-0.2, 0) is 6.42 Å². The summed E-state index contributed by atoms with van der Waals surface area (Å²) in [6.07, 6.45) is 1.05. The first-order valence-electron chi connectivity index (χ1n) is 6.15. The molecule has 1 heteroatoms. The van der Waals surface area contributed by atoms with Crippen LogP contribution in [0.3, 0.4) is 0 Å². The summed E-state index contributed by atoms with van der Waals surface area (Å²) < 4.78 is 0. The summed E-state index contributed by atoms with van der Waals surface area (Å²) in [4.78, 5) is 4.66. The molecule has 1 aliphatic rings. The van der Waals surface area contributed by atoms with E-state index in [1.807, 2.05) is 0 Å². The maximum absolute atomic E-state index is 4.66. The summed E-state index contributed by atoms with van der Waals surface area (Å²) in [7, 11) is 0. The standard InChI is InChI=1S/C16H17N/c1-9-6-5-7-13-8-14-12(4)17-11(3)10(2)16(14)15(9)13/h5-7H,8H2,1-4H3. The summed E-state index contributed by atoms with van der Waals surface area (Å²) in [5.41, 5.74) is 10.9. The number of hydrogen-bond donors (Lipinski definition) is 0. The van der Waals surface area contributed by atoms with Crippen molar-refractivity contribution >= 4 is 0 Å². The third-order valence-corrected chi connectivity index (χ3v) is 3.97. The number of fused-ring (bicyclic) bond motifs is 3. The lowest BCUT2D eigenvalue weighted by molar-refractivity contribution is 1.05. The molecule has 1 aliphatic carbocycles. The highest BCUT2D eigenvalue weighted by molar-refractivity contribution is 5.82. The maximum Gasteiger partial charge on any atom is 0.0417 e. The van der Waals surface area contributed by atoms with Crippen molar-refractivity contribution in [3.63, 3.8) is 0 Å². The summed E-state index contributed by atoms with van der Waals surface area (Å²) in [6.45, 7) is 8.64. The van der Waals surface area contributed by atoms with E-state index in [1.54, 1.807) is 0 Å². The van der Waals surface area contributed by atoms with Gasteiger partial charge >= 0.3 is 0 Å². The molecule has 0 bridgehead atoms. The minimum absolute atomic E-state index is 1.05. The Balaban J connectivity index is 2.42. The predicted octanol–water partition coefficient (Wildman–Crippen LogP) is 3.89. The number of hydrogen-bond acceptors (Lipinski definition) is 1. The molecule has 0 saturated carbocycles. The fraction of sp³-hybridized carbons (Fsp3) is 0.312. The van der Waals surface area contributed by atoms with Crippen molar-refractivity contribution in [3.05, 3.63) is 51.8 Å². The highest BCUT2D eigenvalue weighted by Gasteiger charge is 2.24. The molecular formula is C16H17N. The molecule has 0 fully saturated rings. The lowest BCUT2D eigenvalue weighted by Crippen LogP contribution is -1.98. The summed E-state index contributed by atoms with van der Waals surface area (Å²) >= 11 is 0. The van der Waals surface area contributed by atoms with Crippen LogP contribution in [0.4, 0.5) is 0 Å². The van der Waals surface area contributed by atoms with E-state index in [4.69, 9.17) is 0 Å². The number of rotatable bonds is 0. The number of aromatic nitrogens is 1. The molecule has 0 spiro atoms. The molecule has 0 atom stereocenters. The molecule has 1 aromatic carbocycles. The smallest absolute Gasteiger partial charge is 0.0417 e. The van der Waals surface area contributed by atoms with Gasteiger partial charge in [0.1, 0.15) is 0 Å². The molecule has 0 unspecified atom stereocenters. The van der Waals surface area contributed by atoms with Gasteiger partial charge in [0.2, 0.25) is 0 Å². The molecule has 17 heavy (non-hydrogen) atoms. The Hall–Kier alpha value is -1.63. The van der Waals surface area contributed by atoms with E-state index in [9.17, 15) is 0 Å². The lowest BCUT2D eigenvalue weighted by Gasteiger charge is -2.12. The Morgan fingerprint density at radius 3 is 2.47 bits per heavy atom. The van der Waals surface area contributed by atoms with E-state index < -0.39 is 0 Å². The van der Waals surface area contributed by atoms with Crippen molar-refractivity contribution in [2.24, 2.45) is 0 Å². The van der Waals surface area contributed by atoms with Crippen LogP contribution in [-0.4, -0.2) is 4.98 Å². The number of nitrogens with zero attached hydrogens (tertiary/aromatic N) is 1. The van der Waals surface area contributed by atoms with Crippen LogP contribution in [0, 0.1) is 27.7 Å². The van der Waals surface area contributed by atoms with Gasteiger partial charge in [0, 0.05) is 17.8 Å². The van der Waals surface area contributed by atoms with E-state index in [-0.39, 0.29) is 0 Å². The first kappa shape index (κ1) is 10.5. The Morgan fingerprint density at radius 1 is 0.941 bits per heavy atom. The van der Waals surface area contributed by atoms with Crippen molar-refractivity contribution in [2.75, 3.05) is 0 Å². The first-order chi connectivity index (χ1) is 8.09.